The van der Waals surface area contributed by atoms with Gasteiger partial charge in [-0.15, -0.1) is 0 Å². The van der Waals surface area contributed by atoms with Crippen LogP contribution in [0, 0.1) is 5.82 Å². The molecule has 0 radical (unpaired) electrons. The molecule has 1 amide bonds. The molecule has 4 aromatic rings. The van der Waals surface area contributed by atoms with E-state index >= 15 is 0 Å². The number of fused-ring (bicyclic) bond motifs is 4. The predicted octanol–water partition coefficient (Wildman–Crippen LogP) is 3.10. The van der Waals surface area contributed by atoms with Crippen LogP contribution in [0.25, 0.3) is 16.6 Å². The molecule has 2 aromatic carbocycles. The van der Waals surface area contributed by atoms with Crippen LogP contribution in [-0.2, 0) is 24.2 Å². The number of rotatable bonds is 2. The number of para-hydroxylation sites is 1. The summed E-state index contributed by atoms with van der Waals surface area (Å²) in [6.07, 6.45) is 3.36. The zero-order valence-electron chi connectivity index (χ0n) is 16.0. The molecule has 2 aromatic heterocycles. The number of carbonyl (C=O) groups excluding carboxylic acids is 1. The molecule has 0 spiro atoms. The number of amides is 1. The van der Waals surface area contributed by atoms with Crippen LogP contribution in [0.5, 0.6) is 0 Å². The van der Waals surface area contributed by atoms with Gasteiger partial charge in [-0.1, -0.05) is 24.3 Å². The minimum Gasteiger partial charge on any atom is -0.369 e. The van der Waals surface area contributed by atoms with Crippen LogP contribution >= 0.6 is 0 Å². The molecule has 6 nitrogen and oxygen atoms in total. The molecule has 0 saturated carbocycles. The first-order valence-corrected chi connectivity index (χ1v) is 9.57. The van der Waals surface area contributed by atoms with Gasteiger partial charge in [0.1, 0.15) is 17.0 Å². The minimum absolute atomic E-state index is 0.110. The lowest BCUT2D eigenvalue weighted by molar-refractivity contribution is -0.129. The Labute approximate surface area is 166 Å². The lowest BCUT2D eigenvalue weighted by atomic mass is 9.96. The van der Waals surface area contributed by atoms with Crippen LogP contribution in [0.1, 0.15) is 29.3 Å². The average molecular weight is 389 g/mol. The SMILES string of the molecule is CC(=O)N1CCc2cc(Cc3cn4c(N)nc5c(F)cccc5c4n3)ccc2C1. The van der Waals surface area contributed by atoms with Gasteiger partial charge in [0.05, 0.1) is 5.69 Å². The van der Waals surface area contributed by atoms with Crippen molar-refractivity contribution in [2.24, 2.45) is 0 Å². The van der Waals surface area contributed by atoms with E-state index in [1.165, 1.54) is 17.2 Å². The molecular weight excluding hydrogens is 369 g/mol. The molecule has 0 atom stereocenters. The van der Waals surface area contributed by atoms with Gasteiger partial charge in [0.15, 0.2) is 0 Å². The Hall–Kier alpha value is -3.48. The maximum Gasteiger partial charge on any atom is 0.219 e. The quantitative estimate of drug-likeness (QED) is 0.572. The summed E-state index contributed by atoms with van der Waals surface area (Å²) in [5, 5.41) is 0.639. The van der Waals surface area contributed by atoms with Gasteiger partial charge in [0.25, 0.3) is 0 Å². The molecule has 3 heterocycles. The molecule has 7 heteroatoms. The number of imidazole rings is 1. The Balaban J connectivity index is 1.50. The van der Waals surface area contributed by atoms with E-state index in [1.54, 1.807) is 23.5 Å². The van der Waals surface area contributed by atoms with Gasteiger partial charge >= 0.3 is 0 Å². The van der Waals surface area contributed by atoms with E-state index in [1.807, 2.05) is 11.1 Å². The third kappa shape index (κ3) is 2.99. The molecule has 1 aliphatic heterocycles. The monoisotopic (exact) mass is 389 g/mol. The van der Waals surface area contributed by atoms with Crippen molar-refractivity contribution in [3.63, 3.8) is 0 Å². The minimum atomic E-state index is -0.407. The molecular formula is C22H20FN5O. The maximum absolute atomic E-state index is 14.1. The summed E-state index contributed by atoms with van der Waals surface area (Å²) < 4.78 is 15.8. The van der Waals surface area contributed by atoms with Crippen molar-refractivity contribution in [3.8, 4) is 0 Å². The van der Waals surface area contributed by atoms with E-state index in [9.17, 15) is 9.18 Å². The lowest BCUT2D eigenvalue weighted by Crippen LogP contribution is -2.34. The van der Waals surface area contributed by atoms with Crippen molar-refractivity contribution in [1.82, 2.24) is 19.3 Å². The largest absolute Gasteiger partial charge is 0.369 e. The zero-order chi connectivity index (χ0) is 20.1. The Morgan fingerprint density at radius 2 is 2.07 bits per heavy atom. The zero-order valence-corrected chi connectivity index (χ0v) is 16.0. The third-order valence-electron chi connectivity index (χ3n) is 5.57. The van der Waals surface area contributed by atoms with Gasteiger partial charge in [-0.3, -0.25) is 9.20 Å². The van der Waals surface area contributed by atoms with E-state index in [4.69, 9.17) is 10.7 Å². The highest BCUT2D eigenvalue weighted by Crippen LogP contribution is 2.25. The summed E-state index contributed by atoms with van der Waals surface area (Å²) in [5.74, 6) is -0.0825. The highest BCUT2D eigenvalue weighted by molar-refractivity contribution is 5.92. The van der Waals surface area contributed by atoms with E-state index in [2.05, 4.69) is 23.2 Å². The molecule has 5 rings (SSSR count). The number of benzene rings is 2. The fraction of sp³-hybridized carbons (Fsp3) is 0.227. The van der Waals surface area contributed by atoms with Crippen molar-refractivity contribution in [3.05, 3.63) is 70.8 Å². The van der Waals surface area contributed by atoms with Crippen LogP contribution in [0.4, 0.5) is 10.3 Å². The molecule has 146 valence electrons. The number of halogens is 1. The number of hydrogen-bond donors (Lipinski definition) is 1. The Bertz CT molecular complexity index is 1280. The molecule has 0 aliphatic carbocycles. The predicted molar refractivity (Wildman–Crippen MR) is 109 cm³/mol. The first-order chi connectivity index (χ1) is 14.0. The number of nitrogens with two attached hydrogens (primary N) is 1. The molecule has 0 fully saturated rings. The second kappa shape index (κ2) is 6.55. The number of carbonyl (C=O) groups is 1. The lowest BCUT2D eigenvalue weighted by Gasteiger charge is -2.28. The van der Waals surface area contributed by atoms with Crippen LogP contribution in [0.2, 0.25) is 0 Å². The van der Waals surface area contributed by atoms with E-state index in [0.717, 1.165) is 24.2 Å². The van der Waals surface area contributed by atoms with Crippen LogP contribution in [-0.4, -0.2) is 31.7 Å². The van der Waals surface area contributed by atoms with Crippen LogP contribution < -0.4 is 5.73 Å². The molecule has 1 aliphatic rings. The van der Waals surface area contributed by atoms with Crippen LogP contribution in [0.15, 0.2) is 42.6 Å². The first-order valence-electron chi connectivity index (χ1n) is 9.57. The summed E-state index contributed by atoms with van der Waals surface area (Å²) >= 11 is 0. The Morgan fingerprint density at radius 1 is 1.21 bits per heavy atom. The van der Waals surface area contributed by atoms with E-state index in [-0.39, 0.29) is 17.4 Å². The van der Waals surface area contributed by atoms with Gasteiger partial charge in [-0.2, -0.15) is 0 Å². The fourth-order valence-electron chi connectivity index (χ4n) is 4.05. The van der Waals surface area contributed by atoms with E-state index in [0.29, 0.717) is 24.0 Å². The van der Waals surface area contributed by atoms with Crippen molar-refractivity contribution in [2.75, 3.05) is 12.3 Å². The van der Waals surface area contributed by atoms with Gasteiger partial charge in [0, 0.05) is 38.0 Å². The van der Waals surface area contributed by atoms with Crippen molar-refractivity contribution in [2.45, 2.75) is 26.3 Å². The highest BCUT2D eigenvalue weighted by Gasteiger charge is 2.19. The van der Waals surface area contributed by atoms with Gasteiger partial charge in [0.2, 0.25) is 11.9 Å². The number of anilines is 1. The summed E-state index contributed by atoms with van der Waals surface area (Å²) in [4.78, 5) is 22.4. The van der Waals surface area contributed by atoms with Crippen molar-refractivity contribution < 1.29 is 9.18 Å². The second-order valence-corrected chi connectivity index (χ2v) is 7.50. The summed E-state index contributed by atoms with van der Waals surface area (Å²) in [6, 6.07) is 11.2. The fourth-order valence-corrected chi connectivity index (χ4v) is 4.05. The summed E-state index contributed by atoms with van der Waals surface area (Å²) in [6.45, 7) is 3.03. The number of nitrogens with zero attached hydrogens (tertiary/aromatic N) is 4. The van der Waals surface area contributed by atoms with Gasteiger partial charge < -0.3 is 10.6 Å². The molecule has 0 unspecified atom stereocenters. The number of aromatic nitrogens is 3. The standard InChI is InChI=1S/C22H20FN5O/c1-13(29)27-8-7-15-9-14(5-6-16(15)11-27)10-17-12-28-21(25-17)18-3-2-4-19(23)20(18)26-22(28)24/h2-6,9,12H,7-8,10-11H2,1H3,(H2,24,26). The number of hydrogen-bond acceptors (Lipinski definition) is 4. The molecule has 0 saturated heterocycles. The molecule has 0 bridgehead atoms. The number of nitrogen functional groups attached to an aromatic ring is 1. The third-order valence-corrected chi connectivity index (χ3v) is 5.57. The topological polar surface area (TPSA) is 76.5 Å². The normalized spacial score (nSPS) is 13.8. The Morgan fingerprint density at radius 3 is 2.90 bits per heavy atom. The average Bonchev–Trinajstić information content (AvgIpc) is 3.13. The Kier molecular flexibility index (Phi) is 3.97. The summed E-state index contributed by atoms with van der Waals surface area (Å²) in [7, 11) is 0. The van der Waals surface area contributed by atoms with E-state index < -0.39 is 5.82 Å². The molecule has 29 heavy (non-hydrogen) atoms. The second-order valence-electron chi connectivity index (χ2n) is 7.50. The van der Waals surface area contributed by atoms with Crippen molar-refractivity contribution >= 4 is 28.4 Å². The van der Waals surface area contributed by atoms with Gasteiger partial charge in [-0.25, -0.2) is 14.4 Å². The van der Waals surface area contributed by atoms with Gasteiger partial charge in [-0.05, 0) is 35.2 Å². The highest BCUT2D eigenvalue weighted by atomic mass is 19.1. The first kappa shape index (κ1) is 17.6. The van der Waals surface area contributed by atoms with Crippen LogP contribution in [0.3, 0.4) is 0 Å². The maximum atomic E-state index is 14.1. The smallest absolute Gasteiger partial charge is 0.219 e. The van der Waals surface area contributed by atoms with Crippen molar-refractivity contribution in [1.29, 1.82) is 0 Å². The molecule has 2 N–H and O–H groups in total. The summed E-state index contributed by atoms with van der Waals surface area (Å²) in [5.41, 5.74) is 11.3.